The van der Waals surface area contributed by atoms with E-state index in [9.17, 15) is 9.59 Å². The topological polar surface area (TPSA) is 97.3 Å². The lowest BCUT2D eigenvalue weighted by Gasteiger charge is -2.36. The van der Waals surface area contributed by atoms with Gasteiger partial charge in [-0.1, -0.05) is 13.8 Å². The third-order valence-electron chi connectivity index (χ3n) is 6.87. The van der Waals surface area contributed by atoms with Gasteiger partial charge in [-0.05, 0) is 37.1 Å². The van der Waals surface area contributed by atoms with Crippen LogP contribution in [0, 0.1) is 5.92 Å². The highest BCUT2D eigenvalue weighted by atomic mass is 16.5. The molecule has 10 heteroatoms. The Bertz CT molecular complexity index is 1060. The highest BCUT2D eigenvalue weighted by molar-refractivity contribution is 5.86. The summed E-state index contributed by atoms with van der Waals surface area (Å²) in [5.74, 6) is 1.94. The Kier molecular flexibility index (Phi) is 8.81. The molecule has 2 aliphatic heterocycles. The normalized spacial score (nSPS) is 17.7. The standard InChI is InChI=1S/C27H37N5O5/c1-19(2)27(34)32(17-21-6-5-15-37-21)18-26(33)31-13-11-30(12-14-31)25-10-9-23(28-29-25)22-8-7-20(35-3)16-24(22)36-4/h7-10,16,19,21H,5-6,11-15,17-18H2,1-4H3/t21-/m0/s1. The van der Waals surface area contributed by atoms with E-state index in [-0.39, 0.29) is 30.4 Å². The summed E-state index contributed by atoms with van der Waals surface area (Å²) in [6.07, 6.45) is 1.95. The predicted octanol–water partition coefficient (Wildman–Crippen LogP) is 2.47. The fourth-order valence-electron chi connectivity index (χ4n) is 4.73. The van der Waals surface area contributed by atoms with E-state index in [0.29, 0.717) is 49.9 Å². The summed E-state index contributed by atoms with van der Waals surface area (Å²) in [6.45, 7) is 7.46. The smallest absolute Gasteiger partial charge is 0.242 e. The molecule has 10 nitrogen and oxygen atoms in total. The highest BCUT2D eigenvalue weighted by Crippen LogP contribution is 2.32. The predicted molar refractivity (Wildman–Crippen MR) is 140 cm³/mol. The molecule has 37 heavy (non-hydrogen) atoms. The molecule has 1 atom stereocenters. The molecule has 0 N–H and O–H groups in total. The van der Waals surface area contributed by atoms with Gasteiger partial charge in [-0.3, -0.25) is 9.59 Å². The molecular formula is C27H37N5O5. The lowest BCUT2D eigenvalue weighted by atomic mass is 10.1. The van der Waals surface area contributed by atoms with E-state index in [4.69, 9.17) is 14.2 Å². The van der Waals surface area contributed by atoms with E-state index >= 15 is 0 Å². The third-order valence-corrected chi connectivity index (χ3v) is 6.87. The number of nitrogens with zero attached hydrogens (tertiary/aromatic N) is 5. The van der Waals surface area contributed by atoms with Crippen molar-refractivity contribution >= 4 is 17.6 Å². The van der Waals surface area contributed by atoms with Crippen LogP contribution in [0.4, 0.5) is 5.82 Å². The average molecular weight is 512 g/mol. The number of rotatable bonds is 9. The van der Waals surface area contributed by atoms with E-state index < -0.39 is 0 Å². The number of ether oxygens (including phenoxy) is 3. The van der Waals surface area contributed by atoms with Crippen molar-refractivity contribution in [2.45, 2.75) is 32.8 Å². The Morgan fingerprint density at radius 2 is 1.86 bits per heavy atom. The van der Waals surface area contributed by atoms with E-state index in [2.05, 4.69) is 15.1 Å². The molecule has 4 rings (SSSR count). The summed E-state index contributed by atoms with van der Waals surface area (Å²) < 4.78 is 16.5. The number of hydrogen-bond acceptors (Lipinski definition) is 8. The second kappa shape index (κ2) is 12.2. The molecule has 0 saturated carbocycles. The van der Waals surface area contributed by atoms with Gasteiger partial charge in [0.2, 0.25) is 11.8 Å². The molecule has 200 valence electrons. The third kappa shape index (κ3) is 6.49. The van der Waals surface area contributed by atoms with Crippen LogP contribution in [0.3, 0.4) is 0 Å². The molecule has 0 spiro atoms. The molecule has 1 aromatic heterocycles. The fraction of sp³-hybridized carbons (Fsp3) is 0.556. The van der Waals surface area contributed by atoms with E-state index in [1.807, 2.05) is 49.1 Å². The van der Waals surface area contributed by atoms with Crippen LogP contribution in [-0.4, -0.2) is 98.0 Å². The second-order valence-corrected chi connectivity index (χ2v) is 9.72. The molecule has 2 fully saturated rings. The van der Waals surface area contributed by atoms with Gasteiger partial charge in [-0.25, -0.2) is 0 Å². The molecule has 0 bridgehead atoms. The van der Waals surface area contributed by atoms with Crippen LogP contribution in [0.15, 0.2) is 30.3 Å². The molecule has 0 unspecified atom stereocenters. The van der Waals surface area contributed by atoms with Crippen LogP contribution >= 0.6 is 0 Å². The number of anilines is 1. The summed E-state index contributed by atoms with van der Waals surface area (Å²) in [4.78, 5) is 31.5. The highest BCUT2D eigenvalue weighted by Gasteiger charge is 2.29. The van der Waals surface area contributed by atoms with Crippen molar-refractivity contribution in [3.8, 4) is 22.8 Å². The number of amides is 2. The number of aromatic nitrogens is 2. The molecular weight excluding hydrogens is 474 g/mol. The minimum Gasteiger partial charge on any atom is -0.497 e. The van der Waals surface area contributed by atoms with E-state index in [0.717, 1.165) is 30.8 Å². The zero-order valence-electron chi connectivity index (χ0n) is 22.2. The van der Waals surface area contributed by atoms with Crippen molar-refractivity contribution < 1.29 is 23.8 Å². The first-order chi connectivity index (χ1) is 17.9. The molecule has 1 aromatic carbocycles. The van der Waals surface area contributed by atoms with Crippen LogP contribution < -0.4 is 14.4 Å². The summed E-state index contributed by atoms with van der Waals surface area (Å²) in [6, 6.07) is 9.44. The van der Waals surface area contributed by atoms with Crippen molar-refractivity contribution in [3.63, 3.8) is 0 Å². The van der Waals surface area contributed by atoms with Gasteiger partial charge in [0.1, 0.15) is 11.5 Å². The van der Waals surface area contributed by atoms with Crippen molar-refractivity contribution in [3.05, 3.63) is 30.3 Å². The van der Waals surface area contributed by atoms with E-state index in [1.54, 1.807) is 19.1 Å². The summed E-state index contributed by atoms with van der Waals surface area (Å²) in [7, 11) is 3.23. The largest absolute Gasteiger partial charge is 0.497 e. The zero-order valence-corrected chi connectivity index (χ0v) is 22.2. The van der Waals surface area contributed by atoms with Gasteiger partial charge in [0.25, 0.3) is 0 Å². The SMILES string of the molecule is COc1ccc(-c2ccc(N3CCN(C(=O)CN(C[C@@H]4CCCO4)C(=O)C(C)C)CC3)nn2)c(OC)c1. The van der Waals surface area contributed by atoms with E-state index in [1.165, 1.54) is 0 Å². The summed E-state index contributed by atoms with van der Waals surface area (Å²) in [5, 5.41) is 8.85. The Morgan fingerprint density at radius 3 is 2.46 bits per heavy atom. The van der Waals surface area contributed by atoms with Gasteiger partial charge in [0.15, 0.2) is 5.82 Å². The number of carbonyl (C=O) groups is 2. The maximum atomic E-state index is 13.1. The van der Waals surface area contributed by atoms with Crippen molar-refractivity contribution in [2.75, 3.05) is 65.0 Å². The molecule has 2 amide bonds. The molecule has 3 heterocycles. The van der Waals surface area contributed by atoms with Gasteiger partial charge < -0.3 is 28.9 Å². The minimum absolute atomic E-state index is 0.00802. The summed E-state index contributed by atoms with van der Waals surface area (Å²) in [5.41, 5.74) is 1.54. The number of methoxy groups -OCH3 is 2. The number of piperazine rings is 1. The van der Waals surface area contributed by atoms with Gasteiger partial charge in [0.05, 0.1) is 32.6 Å². The van der Waals surface area contributed by atoms with Crippen LogP contribution in [0.2, 0.25) is 0 Å². The lowest BCUT2D eigenvalue weighted by molar-refractivity contribution is -0.143. The van der Waals surface area contributed by atoms with Crippen LogP contribution in [0.25, 0.3) is 11.3 Å². The van der Waals surface area contributed by atoms with Gasteiger partial charge >= 0.3 is 0 Å². The Balaban J connectivity index is 1.34. The number of carbonyl (C=O) groups excluding carboxylic acids is 2. The second-order valence-electron chi connectivity index (χ2n) is 9.72. The van der Waals surface area contributed by atoms with Crippen molar-refractivity contribution in [1.82, 2.24) is 20.0 Å². The first-order valence-electron chi connectivity index (χ1n) is 12.9. The minimum atomic E-state index is -0.162. The van der Waals surface area contributed by atoms with Crippen molar-refractivity contribution in [1.29, 1.82) is 0 Å². The molecule has 2 aliphatic rings. The first kappa shape index (κ1) is 26.7. The van der Waals surface area contributed by atoms with Crippen LogP contribution in [0.5, 0.6) is 11.5 Å². The summed E-state index contributed by atoms with van der Waals surface area (Å²) >= 11 is 0. The monoisotopic (exact) mass is 511 g/mol. The Morgan fingerprint density at radius 1 is 1.08 bits per heavy atom. The average Bonchev–Trinajstić information content (AvgIpc) is 3.45. The van der Waals surface area contributed by atoms with Gasteiger partial charge in [0, 0.05) is 56.9 Å². The number of benzene rings is 1. The quantitative estimate of drug-likeness (QED) is 0.507. The maximum absolute atomic E-state index is 13.1. The van der Waals surface area contributed by atoms with Crippen LogP contribution in [-0.2, 0) is 14.3 Å². The zero-order chi connectivity index (χ0) is 26.4. The Labute approximate surface area is 218 Å². The fourth-order valence-corrected chi connectivity index (χ4v) is 4.73. The van der Waals surface area contributed by atoms with Crippen molar-refractivity contribution in [2.24, 2.45) is 5.92 Å². The van der Waals surface area contributed by atoms with Crippen LogP contribution in [0.1, 0.15) is 26.7 Å². The first-order valence-corrected chi connectivity index (χ1v) is 12.9. The number of hydrogen-bond donors (Lipinski definition) is 0. The van der Waals surface area contributed by atoms with Gasteiger partial charge in [-0.2, -0.15) is 0 Å². The van der Waals surface area contributed by atoms with Gasteiger partial charge in [-0.15, -0.1) is 10.2 Å². The lowest BCUT2D eigenvalue weighted by Crippen LogP contribution is -2.53. The maximum Gasteiger partial charge on any atom is 0.242 e. The Hall–Kier alpha value is -3.40. The molecule has 2 aromatic rings. The molecule has 0 aliphatic carbocycles. The molecule has 2 saturated heterocycles. The molecule has 0 radical (unpaired) electrons.